The molecule has 1 atom stereocenters. The highest BCUT2D eigenvalue weighted by Gasteiger charge is 2.25. The molecule has 2 N–H and O–H groups in total. The molecule has 0 radical (unpaired) electrons. The number of aliphatic hydroxyl groups is 1. The molecule has 2 heterocycles. The molecule has 1 unspecified atom stereocenters. The first-order valence-electron chi connectivity index (χ1n) is 10.3. The van der Waals surface area contributed by atoms with Crippen LogP contribution in [0.25, 0.3) is 0 Å². The number of hydrogen-bond acceptors (Lipinski definition) is 4. The summed E-state index contributed by atoms with van der Waals surface area (Å²) in [4.78, 5) is 9.00. The lowest BCUT2D eigenvalue weighted by atomic mass is 10.1. The van der Waals surface area contributed by atoms with Crippen molar-refractivity contribution in [2.45, 2.75) is 38.8 Å². The van der Waals surface area contributed by atoms with E-state index in [0.717, 1.165) is 44.2 Å². The smallest absolute Gasteiger partial charge is 0.194 e. The number of aliphatic hydroxyl groups excluding tert-OH is 1. The van der Waals surface area contributed by atoms with Gasteiger partial charge in [0.2, 0.25) is 0 Å². The van der Waals surface area contributed by atoms with Gasteiger partial charge in [0.15, 0.2) is 5.96 Å². The summed E-state index contributed by atoms with van der Waals surface area (Å²) in [5.41, 5.74) is 1.48. The van der Waals surface area contributed by atoms with E-state index >= 15 is 0 Å². The lowest BCUT2D eigenvalue weighted by Gasteiger charge is -2.31. The molecule has 29 heavy (non-hydrogen) atoms. The molecule has 0 amide bonds. The summed E-state index contributed by atoms with van der Waals surface area (Å²) < 4.78 is 19.9. The number of hydrogen-bond donors (Lipinski definition) is 2. The molecule has 0 spiro atoms. The SMILES string of the molecule is CCNC(=NCc1ccc(N2CCC(O)CC2)c(F)c1)N1CCC(COC)C1.I. The van der Waals surface area contributed by atoms with Crippen LogP contribution in [-0.4, -0.2) is 68.5 Å². The van der Waals surface area contributed by atoms with Gasteiger partial charge in [0.25, 0.3) is 0 Å². The predicted octanol–water partition coefficient (Wildman–Crippen LogP) is 2.84. The Hall–Kier alpha value is -1.13. The Bertz CT molecular complexity index is 668. The van der Waals surface area contributed by atoms with Crippen molar-refractivity contribution in [2.24, 2.45) is 10.9 Å². The maximum absolute atomic E-state index is 14.6. The van der Waals surface area contributed by atoms with E-state index < -0.39 is 0 Å². The third-order valence-corrected chi connectivity index (χ3v) is 5.55. The lowest BCUT2D eigenvalue weighted by molar-refractivity contribution is 0.145. The number of benzene rings is 1. The predicted molar refractivity (Wildman–Crippen MR) is 126 cm³/mol. The molecule has 2 saturated heterocycles. The standard InChI is InChI=1S/C21H33FN4O2.HI/c1-3-23-21(26-9-6-17(14-26)15-28-2)24-13-16-4-5-20(19(22)12-16)25-10-7-18(27)8-11-25;/h4-5,12,17-18,27H,3,6-11,13-15H2,1-2H3,(H,23,24);1H. The second-order valence-electron chi connectivity index (χ2n) is 7.73. The highest BCUT2D eigenvalue weighted by Crippen LogP contribution is 2.24. The Morgan fingerprint density at radius 3 is 2.69 bits per heavy atom. The van der Waals surface area contributed by atoms with Gasteiger partial charge in [-0.2, -0.15) is 0 Å². The number of ether oxygens (including phenoxy) is 1. The largest absolute Gasteiger partial charge is 0.393 e. The molecule has 1 aromatic rings. The number of rotatable bonds is 6. The van der Waals surface area contributed by atoms with Crippen LogP contribution >= 0.6 is 24.0 Å². The number of methoxy groups -OCH3 is 1. The van der Waals surface area contributed by atoms with Crippen molar-refractivity contribution in [1.29, 1.82) is 0 Å². The second kappa shape index (κ2) is 11.9. The molecule has 1 aromatic carbocycles. The van der Waals surface area contributed by atoms with Crippen molar-refractivity contribution in [1.82, 2.24) is 10.2 Å². The number of likely N-dealkylation sites (tertiary alicyclic amines) is 1. The van der Waals surface area contributed by atoms with Gasteiger partial charge in [0.1, 0.15) is 5.82 Å². The Labute approximate surface area is 190 Å². The average Bonchev–Trinajstić information content (AvgIpc) is 3.15. The fourth-order valence-corrected chi connectivity index (χ4v) is 4.00. The van der Waals surface area contributed by atoms with Crippen LogP contribution in [-0.2, 0) is 11.3 Å². The highest BCUT2D eigenvalue weighted by molar-refractivity contribution is 14.0. The van der Waals surface area contributed by atoms with Gasteiger partial charge in [-0.15, -0.1) is 24.0 Å². The first-order chi connectivity index (χ1) is 13.6. The van der Waals surface area contributed by atoms with Crippen molar-refractivity contribution in [3.63, 3.8) is 0 Å². The zero-order valence-electron chi connectivity index (χ0n) is 17.4. The monoisotopic (exact) mass is 520 g/mol. The molecule has 2 aliphatic rings. The fraction of sp³-hybridized carbons (Fsp3) is 0.667. The molecule has 2 aliphatic heterocycles. The third kappa shape index (κ3) is 6.68. The molecular formula is C21H34FIN4O2. The molecule has 2 fully saturated rings. The number of guanidine groups is 1. The fourth-order valence-electron chi connectivity index (χ4n) is 4.00. The van der Waals surface area contributed by atoms with Crippen molar-refractivity contribution in [3.05, 3.63) is 29.6 Å². The summed E-state index contributed by atoms with van der Waals surface area (Å²) in [6.45, 7) is 7.37. The van der Waals surface area contributed by atoms with Gasteiger partial charge < -0.3 is 25.0 Å². The van der Waals surface area contributed by atoms with E-state index in [9.17, 15) is 9.50 Å². The minimum absolute atomic E-state index is 0. The Kier molecular flexibility index (Phi) is 9.91. The quantitative estimate of drug-likeness (QED) is 0.343. The van der Waals surface area contributed by atoms with E-state index in [1.807, 2.05) is 17.0 Å². The topological polar surface area (TPSA) is 60.3 Å². The van der Waals surface area contributed by atoms with E-state index in [1.54, 1.807) is 13.2 Å². The first-order valence-corrected chi connectivity index (χ1v) is 10.3. The number of nitrogens with zero attached hydrogens (tertiary/aromatic N) is 3. The minimum Gasteiger partial charge on any atom is -0.393 e. The van der Waals surface area contributed by atoms with Crippen molar-refractivity contribution < 1.29 is 14.2 Å². The Morgan fingerprint density at radius 2 is 2.03 bits per heavy atom. The number of anilines is 1. The summed E-state index contributed by atoms with van der Waals surface area (Å²) in [7, 11) is 1.74. The van der Waals surface area contributed by atoms with Gasteiger partial charge in [-0.1, -0.05) is 6.07 Å². The van der Waals surface area contributed by atoms with Crippen LogP contribution in [0.15, 0.2) is 23.2 Å². The molecule has 0 aromatic heterocycles. The lowest BCUT2D eigenvalue weighted by Crippen LogP contribution is -2.40. The molecule has 0 aliphatic carbocycles. The van der Waals surface area contributed by atoms with Crippen LogP contribution in [0.4, 0.5) is 10.1 Å². The summed E-state index contributed by atoms with van der Waals surface area (Å²) in [5.74, 6) is 1.21. The number of halogens is 2. The van der Waals surface area contributed by atoms with Crippen LogP contribution in [0.3, 0.4) is 0 Å². The third-order valence-electron chi connectivity index (χ3n) is 5.55. The molecule has 0 saturated carbocycles. The van der Waals surface area contributed by atoms with Crippen LogP contribution < -0.4 is 10.2 Å². The Balaban J connectivity index is 0.00000300. The maximum atomic E-state index is 14.6. The maximum Gasteiger partial charge on any atom is 0.194 e. The van der Waals surface area contributed by atoms with Gasteiger partial charge in [-0.3, -0.25) is 0 Å². The number of piperidine rings is 1. The highest BCUT2D eigenvalue weighted by atomic mass is 127. The molecule has 3 rings (SSSR count). The van der Waals surface area contributed by atoms with Crippen LogP contribution in [0.1, 0.15) is 31.7 Å². The molecule has 8 heteroatoms. The molecule has 0 bridgehead atoms. The number of aliphatic imine (C=N–C) groups is 1. The Morgan fingerprint density at radius 1 is 1.28 bits per heavy atom. The van der Waals surface area contributed by atoms with E-state index in [4.69, 9.17) is 9.73 Å². The zero-order chi connectivity index (χ0) is 19.9. The van der Waals surface area contributed by atoms with E-state index in [1.165, 1.54) is 0 Å². The van der Waals surface area contributed by atoms with E-state index in [2.05, 4.69) is 17.1 Å². The van der Waals surface area contributed by atoms with Gasteiger partial charge in [0.05, 0.1) is 24.9 Å². The van der Waals surface area contributed by atoms with Crippen molar-refractivity contribution in [3.8, 4) is 0 Å². The second-order valence-corrected chi connectivity index (χ2v) is 7.73. The van der Waals surface area contributed by atoms with E-state index in [0.29, 0.717) is 44.1 Å². The van der Waals surface area contributed by atoms with Gasteiger partial charge >= 0.3 is 0 Å². The van der Waals surface area contributed by atoms with E-state index in [-0.39, 0.29) is 35.9 Å². The van der Waals surface area contributed by atoms with Gasteiger partial charge in [-0.05, 0) is 43.9 Å². The zero-order valence-corrected chi connectivity index (χ0v) is 19.8. The van der Waals surface area contributed by atoms with Crippen molar-refractivity contribution in [2.75, 3.05) is 51.3 Å². The minimum atomic E-state index is -0.258. The summed E-state index contributed by atoms with van der Waals surface area (Å²) in [5, 5.41) is 13.0. The molecular weight excluding hydrogens is 486 g/mol. The van der Waals surface area contributed by atoms with Crippen LogP contribution in [0, 0.1) is 11.7 Å². The van der Waals surface area contributed by atoms with Gasteiger partial charge in [0, 0.05) is 45.8 Å². The van der Waals surface area contributed by atoms with Crippen LogP contribution in [0.5, 0.6) is 0 Å². The summed E-state index contributed by atoms with van der Waals surface area (Å²) >= 11 is 0. The normalized spacial score (nSPS) is 20.7. The summed E-state index contributed by atoms with van der Waals surface area (Å²) in [6, 6.07) is 5.38. The first kappa shape index (κ1) is 24.1. The van der Waals surface area contributed by atoms with Crippen LogP contribution in [0.2, 0.25) is 0 Å². The van der Waals surface area contributed by atoms with Gasteiger partial charge in [-0.25, -0.2) is 9.38 Å². The summed E-state index contributed by atoms with van der Waals surface area (Å²) in [6.07, 6.45) is 2.23. The number of nitrogens with one attached hydrogen (secondary N) is 1. The average molecular weight is 520 g/mol. The molecule has 164 valence electrons. The van der Waals surface area contributed by atoms with Crippen molar-refractivity contribution >= 4 is 35.6 Å². The molecule has 6 nitrogen and oxygen atoms in total.